The molecule has 1 aliphatic rings. The third kappa shape index (κ3) is 1.71. The third-order valence-corrected chi connectivity index (χ3v) is 3.26. The number of fused-ring (bicyclic) bond motifs is 1. The van der Waals surface area contributed by atoms with Crippen LogP contribution in [-0.4, -0.2) is 32.4 Å². The summed E-state index contributed by atoms with van der Waals surface area (Å²) in [5.74, 6) is 0. The molecule has 0 amide bonds. The molecule has 5 nitrogen and oxygen atoms in total. The summed E-state index contributed by atoms with van der Waals surface area (Å²) >= 11 is 0. The summed E-state index contributed by atoms with van der Waals surface area (Å²) in [6, 6.07) is 1.95. The molecule has 2 atom stereocenters. The smallest absolute Gasteiger partial charge is 0.162 e. The van der Waals surface area contributed by atoms with E-state index in [0.717, 1.165) is 29.6 Å². The molecule has 3 heterocycles. The van der Waals surface area contributed by atoms with Crippen LogP contribution in [0, 0.1) is 6.92 Å². The SMILES string of the molecule is Cc1ccnc2c1ncn2[C@H]1CC[C@@H](CO)O1. The fraction of sp³-hybridized carbons (Fsp3) is 0.500. The Labute approximate surface area is 99.1 Å². The Balaban J connectivity index is 1.99. The van der Waals surface area contributed by atoms with E-state index >= 15 is 0 Å². The first-order valence-corrected chi connectivity index (χ1v) is 5.84. The second kappa shape index (κ2) is 4.09. The lowest BCUT2D eigenvalue weighted by Gasteiger charge is -2.13. The molecular formula is C12H15N3O2. The molecule has 2 aromatic rings. The van der Waals surface area contributed by atoms with Crippen LogP contribution in [0.25, 0.3) is 11.2 Å². The van der Waals surface area contributed by atoms with Gasteiger partial charge in [0.15, 0.2) is 5.65 Å². The molecule has 0 unspecified atom stereocenters. The Morgan fingerprint density at radius 2 is 2.35 bits per heavy atom. The zero-order chi connectivity index (χ0) is 11.8. The fourth-order valence-corrected chi connectivity index (χ4v) is 2.30. The van der Waals surface area contributed by atoms with Crippen molar-refractivity contribution in [3.05, 3.63) is 24.2 Å². The average molecular weight is 233 g/mol. The van der Waals surface area contributed by atoms with E-state index in [-0.39, 0.29) is 18.9 Å². The number of aryl methyl sites for hydroxylation is 1. The Hall–Kier alpha value is -1.46. The molecule has 2 aromatic heterocycles. The molecular weight excluding hydrogens is 218 g/mol. The highest BCUT2D eigenvalue weighted by Gasteiger charge is 2.27. The number of hydrogen-bond donors (Lipinski definition) is 1. The van der Waals surface area contributed by atoms with Crippen LogP contribution in [0.15, 0.2) is 18.6 Å². The lowest BCUT2D eigenvalue weighted by atomic mass is 10.2. The van der Waals surface area contributed by atoms with Crippen molar-refractivity contribution in [3.8, 4) is 0 Å². The quantitative estimate of drug-likeness (QED) is 0.852. The van der Waals surface area contributed by atoms with E-state index in [1.54, 1.807) is 12.5 Å². The van der Waals surface area contributed by atoms with Crippen LogP contribution in [0.4, 0.5) is 0 Å². The fourth-order valence-electron chi connectivity index (χ4n) is 2.30. The first kappa shape index (κ1) is 10.7. The van der Waals surface area contributed by atoms with Gasteiger partial charge >= 0.3 is 0 Å². The molecule has 1 aliphatic heterocycles. The van der Waals surface area contributed by atoms with Gasteiger partial charge in [0.05, 0.1) is 19.0 Å². The zero-order valence-corrected chi connectivity index (χ0v) is 9.71. The molecule has 1 saturated heterocycles. The average Bonchev–Trinajstić information content (AvgIpc) is 2.94. The van der Waals surface area contributed by atoms with Gasteiger partial charge in [-0.2, -0.15) is 0 Å². The van der Waals surface area contributed by atoms with Gasteiger partial charge in [0, 0.05) is 6.20 Å². The molecule has 0 aromatic carbocycles. The molecule has 1 fully saturated rings. The van der Waals surface area contributed by atoms with Crippen molar-refractivity contribution in [2.75, 3.05) is 6.61 Å². The molecule has 0 aliphatic carbocycles. The molecule has 5 heteroatoms. The van der Waals surface area contributed by atoms with Crippen LogP contribution in [0.3, 0.4) is 0 Å². The van der Waals surface area contributed by atoms with Crippen molar-refractivity contribution in [2.24, 2.45) is 0 Å². The normalized spacial score (nSPS) is 24.6. The number of aromatic nitrogens is 3. The van der Waals surface area contributed by atoms with Crippen molar-refractivity contribution in [3.63, 3.8) is 0 Å². The molecule has 0 bridgehead atoms. The van der Waals surface area contributed by atoms with E-state index < -0.39 is 0 Å². The highest BCUT2D eigenvalue weighted by molar-refractivity contribution is 5.74. The summed E-state index contributed by atoms with van der Waals surface area (Å²) in [4.78, 5) is 8.73. The number of pyridine rings is 1. The summed E-state index contributed by atoms with van der Waals surface area (Å²) in [7, 11) is 0. The van der Waals surface area contributed by atoms with Gasteiger partial charge in [0.25, 0.3) is 0 Å². The molecule has 3 rings (SSSR count). The van der Waals surface area contributed by atoms with Crippen molar-refractivity contribution >= 4 is 11.2 Å². The molecule has 0 spiro atoms. The minimum Gasteiger partial charge on any atom is -0.394 e. The van der Waals surface area contributed by atoms with Crippen LogP contribution in [-0.2, 0) is 4.74 Å². The van der Waals surface area contributed by atoms with Gasteiger partial charge in [-0.25, -0.2) is 9.97 Å². The van der Waals surface area contributed by atoms with Crippen molar-refractivity contribution in [1.82, 2.24) is 14.5 Å². The zero-order valence-electron chi connectivity index (χ0n) is 9.71. The molecule has 0 saturated carbocycles. The summed E-state index contributed by atoms with van der Waals surface area (Å²) in [6.07, 6.45) is 5.23. The molecule has 1 N–H and O–H groups in total. The number of aliphatic hydroxyl groups is 1. The number of hydrogen-bond acceptors (Lipinski definition) is 4. The molecule has 0 radical (unpaired) electrons. The number of aliphatic hydroxyl groups excluding tert-OH is 1. The first-order chi connectivity index (χ1) is 8.29. The van der Waals surface area contributed by atoms with E-state index in [1.165, 1.54) is 0 Å². The van der Waals surface area contributed by atoms with E-state index in [2.05, 4.69) is 9.97 Å². The van der Waals surface area contributed by atoms with Gasteiger partial charge in [-0.15, -0.1) is 0 Å². The third-order valence-electron chi connectivity index (χ3n) is 3.26. The van der Waals surface area contributed by atoms with Crippen LogP contribution in [0.2, 0.25) is 0 Å². The minimum absolute atomic E-state index is 0.0496. The van der Waals surface area contributed by atoms with Gasteiger partial charge in [0.2, 0.25) is 0 Å². The van der Waals surface area contributed by atoms with Crippen LogP contribution >= 0.6 is 0 Å². The Bertz CT molecular complexity index is 538. The first-order valence-electron chi connectivity index (χ1n) is 5.84. The minimum atomic E-state index is -0.0535. The van der Waals surface area contributed by atoms with Gasteiger partial charge in [-0.3, -0.25) is 4.57 Å². The second-order valence-electron chi connectivity index (χ2n) is 4.42. The predicted molar refractivity (Wildman–Crippen MR) is 62.5 cm³/mol. The molecule has 17 heavy (non-hydrogen) atoms. The Morgan fingerprint density at radius 3 is 3.12 bits per heavy atom. The van der Waals surface area contributed by atoms with Crippen molar-refractivity contribution < 1.29 is 9.84 Å². The summed E-state index contributed by atoms with van der Waals surface area (Å²) in [6.45, 7) is 2.10. The summed E-state index contributed by atoms with van der Waals surface area (Å²) in [5, 5.41) is 9.07. The van der Waals surface area contributed by atoms with E-state index in [9.17, 15) is 0 Å². The topological polar surface area (TPSA) is 60.2 Å². The largest absolute Gasteiger partial charge is 0.394 e. The van der Waals surface area contributed by atoms with Crippen LogP contribution in [0.5, 0.6) is 0 Å². The maximum Gasteiger partial charge on any atom is 0.162 e. The standard InChI is InChI=1S/C12H15N3O2/c1-8-4-5-13-12-11(8)14-7-15(12)10-3-2-9(6-16)17-10/h4-5,7,9-10,16H,2-3,6H2,1H3/t9-,10+/m0/s1. The van der Waals surface area contributed by atoms with Gasteiger partial charge in [-0.1, -0.05) is 0 Å². The number of imidazole rings is 1. The van der Waals surface area contributed by atoms with Gasteiger partial charge in [-0.05, 0) is 31.4 Å². The number of ether oxygens (including phenoxy) is 1. The summed E-state index contributed by atoms with van der Waals surface area (Å²) in [5.41, 5.74) is 2.89. The highest BCUT2D eigenvalue weighted by atomic mass is 16.5. The maximum absolute atomic E-state index is 9.07. The van der Waals surface area contributed by atoms with Gasteiger partial charge in [0.1, 0.15) is 11.7 Å². The highest BCUT2D eigenvalue weighted by Crippen LogP contribution is 2.30. The van der Waals surface area contributed by atoms with Crippen LogP contribution < -0.4 is 0 Å². The lowest BCUT2D eigenvalue weighted by Crippen LogP contribution is -2.14. The van der Waals surface area contributed by atoms with E-state index in [0.29, 0.717) is 0 Å². The molecule has 90 valence electrons. The monoisotopic (exact) mass is 233 g/mol. The Morgan fingerprint density at radius 1 is 1.47 bits per heavy atom. The summed E-state index contributed by atoms with van der Waals surface area (Å²) < 4.78 is 7.69. The Kier molecular flexibility index (Phi) is 2.57. The number of rotatable bonds is 2. The van der Waals surface area contributed by atoms with Gasteiger partial charge < -0.3 is 9.84 Å². The predicted octanol–water partition coefficient (Wildman–Crippen LogP) is 1.41. The maximum atomic E-state index is 9.07. The van der Waals surface area contributed by atoms with Crippen molar-refractivity contribution in [1.29, 1.82) is 0 Å². The number of nitrogens with zero attached hydrogens (tertiary/aromatic N) is 3. The van der Waals surface area contributed by atoms with E-state index in [1.807, 2.05) is 17.6 Å². The lowest BCUT2D eigenvalue weighted by molar-refractivity contribution is -0.0207. The van der Waals surface area contributed by atoms with Crippen molar-refractivity contribution in [2.45, 2.75) is 32.1 Å². The van der Waals surface area contributed by atoms with Crippen LogP contribution in [0.1, 0.15) is 24.6 Å². The second-order valence-corrected chi connectivity index (χ2v) is 4.42. The van der Waals surface area contributed by atoms with E-state index in [4.69, 9.17) is 9.84 Å².